The number of hydrogen-bond donors (Lipinski definition) is 2. The maximum absolute atomic E-state index is 13.2. The van der Waals surface area contributed by atoms with Gasteiger partial charge in [-0.3, -0.25) is 9.79 Å². The second-order valence-corrected chi connectivity index (χ2v) is 7.92. The average molecular weight is 442 g/mol. The molecule has 1 heterocycles. The lowest BCUT2D eigenvalue weighted by molar-refractivity contribution is -0.117. The first-order valence-corrected chi connectivity index (χ1v) is 10.9. The fourth-order valence-corrected chi connectivity index (χ4v) is 3.84. The summed E-state index contributed by atoms with van der Waals surface area (Å²) in [5.41, 5.74) is 4.28. The highest BCUT2D eigenvalue weighted by molar-refractivity contribution is 6.30. The van der Waals surface area contributed by atoms with Crippen molar-refractivity contribution < 1.29 is 4.79 Å². The van der Waals surface area contributed by atoms with Crippen molar-refractivity contribution >= 4 is 29.4 Å². The van der Waals surface area contributed by atoms with E-state index in [0.717, 1.165) is 28.2 Å². The summed E-state index contributed by atoms with van der Waals surface area (Å²) in [5, 5.41) is 6.92. The zero-order valence-corrected chi connectivity index (χ0v) is 18.5. The SMILES string of the molecule is CC1=C(C(=O)NC/C=C/c2ccccc2)C(c2cccc(Cl)c2)N=C(c2ccccc2)N1. The van der Waals surface area contributed by atoms with Crippen LogP contribution in [0.1, 0.15) is 29.7 Å². The van der Waals surface area contributed by atoms with Crippen LogP contribution in [0.15, 0.2) is 107 Å². The maximum Gasteiger partial charge on any atom is 0.251 e. The second kappa shape index (κ2) is 10.1. The van der Waals surface area contributed by atoms with Crippen molar-refractivity contribution in [1.29, 1.82) is 0 Å². The molecule has 0 spiro atoms. The number of nitrogens with zero attached hydrogens (tertiary/aromatic N) is 1. The number of carbonyl (C=O) groups excluding carboxylic acids is 1. The lowest BCUT2D eigenvalue weighted by Gasteiger charge is -2.27. The first-order valence-electron chi connectivity index (χ1n) is 10.5. The molecule has 3 aromatic rings. The van der Waals surface area contributed by atoms with Crippen LogP contribution >= 0.6 is 11.6 Å². The first kappa shape index (κ1) is 21.6. The lowest BCUT2D eigenvalue weighted by Crippen LogP contribution is -2.36. The van der Waals surface area contributed by atoms with Crippen LogP contribution < -0.4 is 10.6 Å². The van der Waals surface area contributed by atoms with E-state index in [1.165, 1.54) is 0 Å². The Labute approximate surface area is 193 Å². The van der Waals surface area contributed by atoms with E-state index in [1.54, 1.807) is 0 Å². The predicted octanol–water partition coefficient (Wildman–Crippen LogP) is 5.53. The normalized spacial score (nSPS) is 15.9. The number of allylic oxidation sites excluding steroid dienone is 1. The largest absolute Gasteiger partial charge is 0.349 e. The number of rotatable bonds is 6. The molecule has 2 N–H and O–H groups in total. The van der Waals surface area contributed by atoms with E-state index in [-0.39, 0.29) is 5.91 Å². The summed E-state index contributed by atoms with van der Waals surface area (Å²) in [6.07, 6.45) is 3.92. The highest BCUT2D eigenvalue weighted by atomic mass is 35.5. The standard InChI is InChI=1S/C27H24ClN3O/c1-19-24(27(32)29-17-9-12-20-10-4-2-5-11-20)25(22-15-8-16-23(28)18-22)31-26(30-19)21-13-6-3-7-14-21/h2-16,18,25H,17H2,1H3,(H,29,32)(H,30,31)/b12-9+. The van der Waals surface area contributed by atoms with Crippen molar-refractivity contribution in [3.05, 3.63) is 124 Å². The van der Waals surface area contributed by atoms with Gasteiger partial charge < -0.3 is 10.6 Å². The predicted molar refractivity (Wildman–Crippen MR) is 131 cm³/mol. The monoisotopic (exact) mass is 441 g/mol. The molecule has 0 aromatic heterocycles. The Bertz CT molecular complexity index is 1180. The molecule has 0 saturated heterocycles. The fourth-order valence-electron chi connectivity index (χ4n) is 3.64. The number of aliphatic imine (C=N–C) groups is 1. The van der Waals surface area contributed by atoms with Gasteiger partial charge in [-0.15, -0.1) is 0 Å². The molecular weight excluding hydrogens is 418 g/mol. The Hall–Kier alpha value is -3.63. The van der Waals surface area contributed by atoms with Crippen LogP contribution in [0.5, 0.6) is 0 Å². The summed E-state index contributed by atoms with van der Waals surface area (Å²) in [5.74, 6) is 0.571. The number of benzene rings is 3. The molecule has 32 heavy (non-hydrogen) atoms. The number of hydrogen-bond acceptors (Lipinski definition) is 3. The Morgan fingerprint density at radius 2 is 1.75 bits per heavy atom. The quantitative estimate of drug-likeness (QED) is 0.528. The lowest BCUT2D eigenvalue weighted by atomic mass is 9.94. The van der Waals surface area contributed by atoms with E-state index < -0.39 is 6.04 Å². The molecule has 0 bridgehead atoms. The van der Waals surface area contributed by atoms with Crippen LogP contribution in [-0.4, -0.2) is 18.3 Å². The fraction of sp³-hybridized carbons (Fsp3) is 0.111. The summed E-state index contributed by atoms with van der Waals surface area (Å²) in [6.45, 7) is 2.33. The number of halogens is 1. The molecule has 5 heteroatoms. The zero-order chi connectivity index (χ0) is 22.3. The second-order valence-electron chi connectivity index (χ2n) is 7.49. The van der Waals surface area contributed by atoms with Crippen LogP contribution in [-0.2, 0) is 4.79 Å². The first-order chi connectivity index (χ1) is 15.6. The van der Waals surface area contributed by atoms with E-state index in [0.29, 0.717) is 17.1 Å². The third-order valence-electron chi connectivity index (χ3n) is 5.19. The van der Waals surface area contributed by atoms with E-state index in [1.807, 2.05) is 104 Å². The molecule has 1 atom stereocenters. The average Bonchev–Trinajstić information content (AvgIpc) is 2.82. The summed E-state index contributed by atoms with van der Waals surface area (Å²) in [6, 6.07) is 26.9. The molecule has 1 amide bonds. The Kier molecular flexibility index (Phi) is 6.83. The van der Waals surface area contributed by atoms with Crippen molar-refractivity contribution in [3.63, 3.8) is 0 Å². The van der Waals surface area contributed by atoms with Gasteiger partial charge in [0.2, 0.25) is 0 Å². The molecule has 1 aliphatic rings. The Morgan fingerprint density at radius 1 is 1.03 bits per heavy atom. The van der Waals surface area contributed by atoms with Gasteiger partial charge in [0, 0.05) is 22.8 Å². The van der Waals surface area contributed by atoms with Gasteiger partial charge in [0.1, 0.15) is 11.9 Å². The van der Waals surface area contributed by atoms with Crippen LogP contribution in [0, 0.1) is 0 Å². The van der Waals surface area contributed by atoms with Gasteiger partial charge in [-0.2, -0.15) is 0 Å². The number of carbonyl (C=O) groups is 1. The molecule has 1 unspecified atom stereocenters. The smallest absolute Gasteiger partial charge is 0.251 e. The van der Waals surface area contributed by atoms with Crippen molar-refractivity contribution in [2.75, 3.05) is 6.54 Å². The number of amidine groups is 1. The minimum atomic E-state index is -0.455. The van der Waals surface area contributed by atoms with Gasteiger partial charge >= 0.3 is 0 Å². The van der Waals surface area contributed by atoms with Gasteiger partial charge in [0.25, 0.3) is 5.91 Å². The van der Waals surface area contributed by atoms with E-state index in [2.05, 4.69) is 10.6 Å². The topological polar surface area (TPSA) is 53.5 Å². The zero-order valence-electron chi connectivity index (χ0n) is 17.8. The van der Waals surface area contributed by atoms with Crippen LogP contribution in [0.2, 0.25) is 5.02 Å². The highest BCUT2D eigenvalue weighted by Gasteiger charge is 2.29. The van der Waals surface area contributed by atoms with E-state index in [4.69, 9.17) is 16.6 Å². The maximum atomic E-state index is 13.2. The molecule has 0 saturated carbocycles. The molecule has 3 aromatic carbocycles. The molecule has 4 nitrogen and oxygen atoms in total. The van der Waals surface area contributed by atoms with Crippen molar-refractivity contribution in [1.82, 2.24) is 10.6 Å². The van der Waals surface area contributed by atoms with Gasteiger partial charge in [-0.25, -0.2) is 0 Å². The minimum absolute atomic E-state index is 0.159. The third kappa shape index (κ3) is 5.16. The number of nitrogens with one attached hydrogen (secondary N) is 2. The van der Waals surface area contributed by atoms with E-state index in [9.17, 15) is 4.79 Å². The summed E-state index contributed by atoms with van der Waals surface area (Å²) < 4.78 is 0. The molecule has 0 fully saturated rings. The Balaban J connectivity index is 1.59. The highest BCUT2D eigenvalue weighted by Crippen LogP contribution is 2.32. The van der Waals surface area contributed by atoms with Crippen molar-refractivity contribution in [2.24, 2.45) is 4.99 Å². The summed E-state index contributed by atoms with van der Waals surface area (Å²) >= 11 is 6.25. The number of amides is 1. The minimum Gasteiger partial charge on any atom is -0.349 e. The van der Waals surface area contributed by atoms with Crippen LogP contribution in [0.3, 0.4) is 0 Å². The van der Waals surface area contributed by atoms with Crippen LogP contribution in [0.25, 0.3) is 6.08 Å². The van der Waals surface area contributed by atoms with Gasteiger partial charge in [0.15, 0.2) is 0 Å². The third-order valence-corrected chi connectivity index (χ3v) is 5.42. The summed E-state index contributed by atoms with van der Waals surface area (Å²) in [4.78, 5) is 18.1. The van der Waals surface area contributed by atoms with Crippen LogP contribution in [0.4, 0.5) is 0 Å². The molecule has 0 radical (unpaired) electrons. The molecular formula is C27H24ClN3O. The summed E-state index contributed by atoms with van der Waals surface area (Å²) in [7, 11) is 0. The van der Waals surface area contributed by atoms with Crippen molar-refractivity contribution in [2.45, 2.75) is 13.0 Å². The van der Waals surface area contributed by atoms with Gasteiger partial charge in [-0.05, 0) is 30.2 Å². The Morgan fingerprint density at radius 3 is 2.47 bits per heavy atom. The van der Waals surface area contributed by atoms with Crippen molar-refractivity contribution in [3.8, 4) is 0 Å². The molecule has 1 aliphatic heterocycles. The van der Waals surface area contributed by atoms with E-state index >= 15 is 0 Å². The molecule has 4 rings (SSSR count). The molecule has 0 aliphatic carbocycles. The van der Waals surface area contributed by atoms with Gasteiger partial charge in [-0.1, -0.05) is 96.5 Å². The molecule has 160 valence electrons. The van der Waals surface area contributed by atoms with Gasteiger partial charge in [0.05, 0.1) is 5.57 Å².